The smallest absolute Gasteiger partial charge is 0.131 e. The Kier molecular flexibility index (Phi) is 1.81. The van der Waals surface area contributed by atoms with Gasteiger partial charge in [0.25, 0.3) is 0 Å². The van der Waals surface area contributed by atoms with Gasteiger partial charge in [-0.25, -0.2) is 4.39 Å². The van der Waals surface area contributed by atoms with Gasteiger partial charge in [-0.3, -0.25) is 4.99 Å². The van der Waals surface area contributed by atoms with Gasteiger partial charge in [-0.2, -0.15) is 0 Å². The van der Waals surface area contributed by atoms with E-state index in [1.165, 1.54) is 6.07 Å². The van der Waals surface area contributed by atoms with Crippen molar-refractivity contribution in [3.05, 3.63) is 54.0 Å². The number of rotatable bonds is 1. The first-order valence-electron chi connectivity index (χ1n) is 3.97. The van der Waals surface area contributed by atoms with Crippen LogP contribution < -0.4 is 0 Å². The van der Waals surface area contributed by atoms with E-state index in [1.54, 1.807) is 30.5 Å². The highest BCUT2D eigenvalue weighted by atomic mass is 19.1. The van der Waals surface area contributed by atoms with Gasteiger partial charge < -0.3 is 0 Å². The minimum absolute atomic E-state index is 0.236. The van der Waals surface area contributed by atoms with Crippen LogP contribution >= 0.6 is 0 Å². The predicted octanol–water partition coefficient (Wildman–Crippen LogP) is 2.81. The summed E-state index contributed by atoms with van der Waals surface area (Å²) in [4.78, 5) is 3.96. The average Bonchev–Trinajstić information content (AvgIpc) is 2.52. The second-order valence-electron chi connectivity index (χ2n) is 2.79. The van der Waals surface area contributed by atoms with Gasteiger partial charge in [-0.15, -0.1) is 0 Å². The molecule has 1 nitrogen and oxygen atoms in total. The lowest BCUT2D eigenvalue weighted by Gasteiger charge is -2.03. The van der Waals surface area contributed by atoms with Gasteiger partial charge in [0, 0.05) is 17.4 Å². The molecular weight excluding hydrogens is 165 g/mol. The predicted molar refractivity (Wildman–Crippen MR) is 52.0 cm³/mol. The Balaban J connectivity index is 2.48. The first-order valence-corrected chi connectivity index (χ1v) is 3.97. The van der Waals surface area contributed by atoms with Gasteiger partial charge in [-0.1, -0.05) is 24.8 Å². The zero-order valence-electron chi connectivity index (χ0n) is 7.00. The SMILES string of the molecule is C=C1N=CC=C1c1ccccc1F. The fraction of sp³-hybridized carbons (Fsp3) is 0. The molecule has 2 rings (SSSR count). The minimum Gasteiger partial charge on any atom is -0.257 e. The Morgan fingerprint density at radius 3 is 2.62 bits per heavy atom. The van der Waals surface area contributed by atoms with Crippen LogP contribution in [0.3, 0.4) is 0 Å². The van der Waals surface area contributed by atoms with Crippen LogP contribution in [0, 0.1) is 5.82 Å². The van der Waals surface area contributed by atoms with Crippen molar-refractivity contribution in [2.75, 3.05) is 0 Å². The summed E-state index contributed by atoms with van der Waals surface area (Å²) in [5, 5.41) is 0. The van der Waals surface area contributed by atoms with Crippen molar-refractivity contribution in [1.29, 1.82) is 0 Å². The van der Waals surface area contributed by atoms with Gasteiger partial charge in [0.2, 0.25) is 0 Å². The summed E-state index contributed by atoms with van der Waals surface area (Å²) in [6, 6.07) is 6.62. The molecule has 1 aromatic rings. The van der Waals surface area contributed by atoms with Crippen LogP contribution in [-0.4, -0.2) is 6.21 Å². The van der Waals surface area contributed by atoms with Gasteiger partial charge in [-0.05, 0) is 12.1 Å². The number of hydrogen-bond donors (Lipinski definition) is 0. The summed E-state index contributed by atoms with van der Waals surface area (Å²) in [7, 11) is 0. The maximum atomic E-state index is 13.3. The second-order valence-corrected chi connectivity index (χ2v) is 2.79. The molecule has 1 aliphatic heterocycles. The molecule has 0 unspecified atom stereocenters. The molecule has 0 saturated carbocycles. The van der Waals surface area contributed by atoms with Crippen molar-refractivity contribution in [3.8, 4) is 0 Å². The third kappa shape index (κ3) is 1.31. The molecule has 13 heavy (non-hydrogen) atoms. The molecule has 0 saturated heterocycles. The van der Waals surface area contributed by atoms with Gasteiger partial charge in [0.15, 0.2) is 0 Å². The quantitative estimate of drug-likeness (QED) is 0.619. The lowest BCUT2D eigenvalue weighted by molar-refractivity contribution is 0.624. The van der Waals surface area contributed by atoms with E-state index in [4.69, 9.17) is 0 Å². The van der Waals surface area contributed by atoms with Crippen LogP contribution in [-0.2, 0) is 0 Å². The molecule has 0 aromatic heterocycles. The summed E-state index contributed by atoms with van der Waals surface area (Å²) in [5.41, 5.74) is 1.94. The van der Waals surface area contributed by atoms with Gasteiger partial charge in [0.05, 0.1) is 5.70 Å². The van der Waals surface area contributed by atoms with E-state index in [2.05, 4.69) is 11.6 Å². The fourth-order valence-corrected chi connectivity index (χ4v) is 1.29. The third-order valence-electron chi connectivity index (χ3n) is 1.95. The van der Waals surface area contributed by atoms with Crippen LogP contribution in [0.25, 0.3) is 5.57 Å². The number of nitrogens with zero attached hydrogens (tertiary/aromatic N) is 1. The molecule has 64 valence electrons. The molecule has 0 atom stereocenters. The molecule has 0 radical (unpaired) electrons. The van der Waals surface area contributed by atoms with Crippen molar-refractivity contribution in [2.24, 2.45) is 4.99 Å². The first kappa shape index (κ1) is 7.92. The lowest BCUT2D eigenvalue weighted by Crippen LogP contribution is -1.88. The molecule has 0 amide bonds. The molecule has 0 aliphatic carbocycles. The highest BCUT2D eigenvalue weighted by molar-refractivity contribution is 5.96. The summed E-state index contributed by atoms with van der Waals surface area (Å²) < 4.78 is 13.3. The van der Waals surface area contributed by atoms with Crippen molar-refractivity contribution >= 4 is 11.8 Å². The highest BCUT2D eigenvalue weighted by Crippen LogP contribution is 2.27. The topological polar surface area (TPSA) is 12.4 Å². The summed E-state index contributed by atoms with van der Waals surface area (Å²) in [6.45, 7) is 3.72. The fourth-order valence-electron chi connectivity index (χ4n) is 1.29. The zero-order valence-corrected chi connectivity index (χ0v) is 7.00. The van der Waals surface area contributed by atoms with Crippen LogP contribution in [0.2, 0.25) is 0 Å². The first-order chi connectivity index (χ1) is 6.29. The second kappa shape index (κ2) is 2.98. The van der Waals surface area contributed by atoms with E-state index in [-0.39, 0.29) is 5.82 Å². The third-order valence-corrected chi connectivity index (χ3v) is 1.95. The van der Waals surface area contributed by atoms with Crippen LogP contribution in [0.1, 0.15) is 5.56 Å². The molecule has 2 heteroatoms. The number of allylic oxidation sites excluding steroid dienone is 2. The maximum absolute atomic E-state index is 13.3. The lowest BCUT2D eigenvalue weighted by atomic mass is 10.0. The van der Waals surface area contributed by atoms with Crippen molar-refractivity contribution in [3.63, 3.8) is 0 Å². The molecule has 1 aromatic carbocycles. The molecular formula is C11H8FN. The van der Waals surface area contributed by atoms with E-state index in [0.29, 0.717) is 11.3 Å². The van der Waals surface area contributed by atoms with Gasteiger partial charge in [0.1, 0.15) is 5.82 Å². The van der Waals surface area contributed by atoms with E-state index in [1.807, 2.05) is 0 Å². The van der Waals surface area contributed by atoms with E-state index in [0.717, 1.165) is 5.57 Å². The minimum atomic E-state index is -0.236. The average molecular weight is 173 g/mol. The van der Waals surface area contributed by atoms with Crippen molar-refractivity contribution in [1.82, 2.24) is 0 Å². The number of aliphatic imine (C=N–C) groups is 1. The normalized spacial score (nSPS) is 14.8. The summed E-state index contributed by atoms with van der Waals surface area (Å²) in [6.07, 6.45) is 3.39. The van der Waals surface area contributed by atoms with Crippen LogP contribution in [0.4, 0.5) is 4.39 Å². The van der Waals surface area contributed by atoms with Crippen LogP contribution in [0.5, 0.6) is 0 Å². The van der Waals surface area contributed by atoms with Crippen molar-refractivity contribution in [2.45, 2.75) is 0 Å². The Hall–Kier alpha value is -1.70. The molecule has 1 aliphatic rings. The van der Waals surface area contributed by atoms with Crippen molar-refractivity contribution < 1.29 is 4.39 Å². The number of hydrogen-bond acceptors (Lipinski definition) is 1. The molecule has 0 fully saturated rings. The maximum Gasteiger partial charge on any atom is 0.131 e. The Morgan fingerprint density at radius 1 is 1.23 bits per heavy atom. The van der Waals surface area contributed by atoms with E-state index >= 15 is 0 Å². The largest absolute Gasteiger partial charge is 0.257 e. The van der Waals surface area contributed by atoms with E-state index < -0.39 is 0 Å². The van der Waals surface area contributed by atoms with Crippen LogP contribution in [0.15, 0.2) is 47.6 Å². The molecule has 0 bridgehead atoms. The Bertz CT molecular complexity index is 416. The van der Waals surface area contributed by atoms with E-state index in [9.17, 15) is 4.39 Å². The molecule has 0 N–H and O–H groups in total. The number of benzene rings is 1. The summed E-state index contributed by atoms with van der Waals surface area (Å²) >= 11 is 0. The Morgan fingerprint density at radius 2 is 2.00 bits per heavy atom. The molecule has 0 spiro atoms. The summed E-state index contributed by atoms with van der Waals surface area (Å²) in [5.74, 6) is -0.236. The number of halogens is 1. The standard InChI is InChI=1S/C11H8FN/c1-8-9(6-7-13-8)10-4-2-3-5-11(10)12/h2-7H,1H2. The Labute approximate surface area is 75.9 Å². The highest BCUT2D eigenvalue weighted by Gasteiger charge is 2.11. The monoisotopic (exact) mass is 173 g/mol. The zero-order chi connectivity index (χ0) is 9.26. The van der Waals surface area contributed by atoms with Gasteiger partial charge >= 0.3 is 0 Å². The molecule has 1 heterocycles.